The summed E-state index contributed by atoms with van der Waals surface area (Å²) in [6, 6.07) is 7.03. The van der Waals surface area contributed by atoms with E-state index in [4.69, 9.17) is 4.74 Å². The van der Waals surface area contributed by atoms with E-state index in [0.29, 0.717) is 6.04 Å². The van der Waals surface area contributed by atoms with Crippen LogP contribution in [-0.2, 0) is 0 Å². The minimum Gasteiger partial charge on any atom is -0.496 e. The Kier molecular flexibility index (Phi) is 5.23. The molecule has 0 radical (unpaired) electrons. The van der Waals surface area contributed by atoms with Crippen LogP contribution in [0.25, 0.3) is 0 Å². The van der Waals surface area contributed by atoms with Gasteiger partial charge in [0.1, 0.15) is 5.75 Å². The van der Waals surface area contributed by atoms with E-state index in [1.807, 2.05) is 6.08 Å². The van der Waals surface area contributed by atoms with Crippen molar-refractivity contribution in [3.05, 3.63) is 42.0 Å². The molecule has 0 aromatic heterocycles. The minimum absolute atomic E-state index is 0.278. The number of aryl methyl sites for hydroxylation is 1. The molecule has 1 aromatic carbocycles. The second-order valence-electron chi connectivity index (χ2n) is 4.56. The van der Waals surface area contributed by atoms with E-state index < -0.39 is 0 Å². The first-order valence-electron chi connectivity index (χ1n) is 6.10. The minimum atomic E-state index is 0.278. The number of methoxy groups -OCH3 is 1. The van der Waals surface area contributed by atoms with Crippen molar-refractivity contribution in [3.8, 4) is 5.75 Å². The first kappa shape index (κ1) is 13.8. The molecule has 0 amide bonds. The van der Waals surface area contributed by atoms with Crippen molar-refractivity contribution in [1.29, 1.82) is 0 Å². The van der Waals surface area contributed by atoms with Crippen LogP contribution < -0.4 is 10.1 Å². The first-order valence-corrected chi connectivity index (χ1v) is 6.10. The molecule has 2 atom stereocenters. The van der Waals surface area contributed by atoms with Gasteiger partial charge in [-0.3, -0.25) is 0 Å². The fourth-order valence-electron chi connectivity index (χ4n) is 2.01. The molecule has 0 heterocycles. The van der Waals surface area contributed by atoms with Gasteiger partial charge in [-0.15, -0.1) is 6.58 Å². The van der Waals surface area contributed by atoms with Gasteiger partial charge in [0.15, 0.2) is 0 Å². The summed E-state index contributed by atoms with van der Waals surface area (Å²) in [5, 5.41) is 3.54. The van der Waals surface area contributed by atoms with E-state index in [9.17, 15) is 0 Å². The Morgan fingerprint density at radius 3 is 2.71 bits per heavy atom. The third-order valence-corrected chi connectivity index (χ3v) is 2.91. The largest absolute Gasteiger partial charge is 0.496 e. The Morgan fingerprint density at radius 2 is 2.12 bits per heavy atom. The second-order valence-corrected chi connectivity index (χ2v) is 4.56. The molecule has 0 bridgehead atoms. The lowest BCUT2D eigenvalue weighted by atomic mass is 10.0. The third-order valence-electron chi connectivity index (χ3n) is 2.91. The lowest BCUT2D eigenvalue weighted by Gasteiger charge is -2.21. The van der Waals surface area contributed by atoms with Gasteiger partial charge in [-0.25, -0.2) is 0 Å². The van der Waals surface area contributed by atoms with Gasteiger partial charge in [-0.05, 0) is 38.8 Å². The van der Waals surface area contributed by atoms with Crippen molar-refractivity contribution in [2.45, 2.75) is 39.3 Å². The summed E-state index contributed by atoms with van der Waals surface area (Å²) in [5.74, 6) is 0.954. The van der Waals surface area contributed by atoms with Gasteiger partial charge in [0, 0.05) is 17.6 Å². The monoisotopic (exact) mass is 233 g/mol. The molecule has 94 valence electrons. The van der Waals surface area contributed by atoms with Crippen LogP contribution in [0.1, 0.15) is 37.4 Å². The number of nitrogens with one attached hydrogen (secondary N) is 1. The number of hydrogen-bond donors (Lipinski definition) is 1. The Labute approximate surface area is 105 Å². The Hall–Kier alpha value is -1.28. The summed E-state index contributed by atoms with van der Waals surface area (Å²) >= 11 is 0. The molecule has 0 fully saturated rings. The van der Waals surface area contributed by atoms with E-state index >= 15 is 0 Å². The zero-order valence-corrected chi connectivity index (χ0v) is 11.3. The van der Waals surface area contributed by atoms with E-state index in [0.717, 1.165) is 12.2 Å². The summed E-state index contributed by atoms with van der Waals surface area (Å²) in [4.78, 5) is 0. The molecule has 0 aliphatic rings. The molecular weight excluding hydrogens is 210 g/mol. The van der Waals surface area contributed by atoms with Crippen molar-refractivity contribution in [1.82, 2.24) is 5.32 Å². The number of benzene rings is 1. The third kappa shape index (κ3) is 3.90. The van der Waals surface area contributed by atoms with Crippen LogP contribution in [0.2, 0.25) is 0 Å². The van der Waals surface area contributed by atoms with Gasteiger partial charge in [-0.1, -0.05) is 18.2 Å². The zero-order valence-electron chi connectivity index (χ0n) is 11.3. The molecule has 0 saturated heterocycles. The molecule has 1 N–H and O–H groups in total. The number of ether oxygens (including phenoxy) is 1. The summed E-state index contributed by atoms with van der Waals surface area (Å²) in [5.41, 5.74) is 2.42. The zero-order chi connectivity index (χ0) is 12.8. The van der Waals surface area contributed by atoms with Crippen molar-refractivity contribution in [2.75, 3.05) is 7.11 Å². The van der Waals surface area contributed by atoms with E-state index in [1.54, 1.807) is 7.11 Å². The van der Waals surface area contributed by atoms with E-state index in [1.165, 1.54) is 11.1 Å². The predicted molar refractivity (Wildman–Crippen MR) is 73.6 cm³/mol. The molecule has 17 heavy (non-hydrogen) atoms. The quantitative estimate of drug-likeness (QED) is 0.758. The van der Waals surface area contributed by atoms with Gasteiger partial charge in [0.05, 0.1) is 7.11 Å². The van der Waals surface area contributed by atoms with Gasteiger partial charge in [0.2, 0.25) is 0 Å². The van der Waals surface area contributed by atoms with Gasteiger partial charge >= 0.3 is 0 Å². The van der Waals surface area contributed by atoms with Crippen LogP contribution in [-0.4, -0.2) is 13.2 Å². The van der Waals surface area contributed by atoms with E-state index in [-0.39, 0.29) is 6.04 Å². The first-order chi connectivity index (χ1) is 8.08. The molecule has 0 aliphatic heterocycles. The molecule has 2 heteroatoms. The highest BCUT2D eigenvalue weighted by Gasteiger charge is 2.13. The molecule has 2 unspecified atom stereocenters. The van der Waals surface area contributed by atoms with Gasteiger partial charge in [0.25, 0.3) is 0 Å². The predicted octanol–water partition coefficient (Wildman–Crippen LogP) is 3.62. The molecule has 0 spiro atoms. The molecule has 1 aromatic rings. The average Bonchev–Trinajstić information content (AvgIpc) is 2.28. The Morgan fingerprint density at radius 1 is 1.41 bits per heavy atom. The fourth-order valence-corrected chi connectivity index (χ4v) is 2.01. The average molecular weight is 233 g/mol. The van der Waals surface area contributed by atoms with Crippen molar-refractivity contribution >= 4 is 0 Å². The number of hydrogen-bond acceptors (Lipinski definition) is 2. The highest BCUT2D eigenvalue weighted by atomic mass is 16.5. The SMILES string of the molecule is C=CCC(C)NC(C)c1ccc(C)cc1OC. The molecule has 1 rings (SSSR count). The van der Waals surface area contributed by atoms with Gasteiger partial charge in [-0.2, -0.15) is 0 Å². The fraction of sp³-hybridized carbons (Fsp3) is 0.467. The summed E-state index contributed by atoms with van der Waals surface area (Å²) in [6.45, 7) is 10.2. The Bertz CT molecular complexity index is 373. The Balaban J connectivity index is 2.80. The molecule has 2 nitrogen and oxygen atoms in total. The van der Waals surface area contributed by atoms with Crippen molar-refractivity contribution in [2.24, 2.45) is 0 Å². The summed E-state index contributed by atoms with van der Waals surface area (Å²) < 4.78 is 5.43. The van der Waals surface area contributed by atoms with Crippen LogP contribution in [0.15, 0.2) is 30.9 Å². The molecule has 0 aliphatic carbocycles. The second kappa shape index (κ2) is 6.45. The van der Waals surface area contributed by atoms with Crippen LogP contribution in [0.4, 0.5) is 0 Å². The van der Waals surface area contributed by atoms with Gasteiger partial charge < -0.3 is 10.1 Å². The summed E-state index contributed by atoms with van der Waals surface area (Å²) in [7, 11) is 1.72. The van der Waals surface area contributed by atoms with Crippen LogP contribution in [0, 0.1) is 6.92 Å². The van der Waals surface area contributed by atoms with Crippen LogP contribution in [0.3, 0.4) is 0 Å². The maximum Gasteiger partial charge on any atom is 0.123 e. The van der Waals surface area contributed by atoms with Crippen molar-refractivity contribution in [3.63, 3.8) is 0 Å². The standard InChI is InChI=1S/C15H23NO/c1-6-7-12(3)16-13(4)14-9-8-11(2)10-15(14)17-5/h6,8-10,12-13,16H,1,7H2,2-5H3. The lowest BCUT2D eigenvalue weighted by Crippen LogP contribution is -2.28. The maximum absolute atomic E-state index is 5.43. The number of rotatable bonds is 6. The van der Waals surface area contributed by atoms with Crippen LogP contribution in [0.5, 0.6) is 5.75 Å². The normalized spacial score (nSPS) is 14.1. The molecule has 0 saturated carbocycles. The van der Waals surface area contributed by atoms with Crippen LogP contribution >= 0.6 is 0 Å². The van der Waals surface area contributed by atoms with Crippen molar-refractivity contribution < 1.29 is 4.74 Å². The van der Waals surface area contributed by atoms with E-state index in [2.05, 4.69) is 50.9 Å². The lowest BCUT2D eigenvalue weighted by molar-refractivity contribution is 0.395. The smallest absolute Gasteiger partial charge is 0.123 e. The topological polar surface area (TPSA) is 21.3 Å². The maximum atomic E-state index is 5.43. The molecular formula is C15H23NO. The highest BCUT2D eigenvalue weighted by molar-refractivity contribution is 5.39. The summed E-state index contributed by atoms with van der Waals surface area (Å²) in [6.07, 6.45) is 2.91. The highest BCUT2D eigenvalue weighted by Crippen LogP contribution is 2.26.